The Balaban J connectivity index is 1.70. The minimum Gasteiger partial charge on any atom is -0.379 e. The van der Waals surface area contributed by atoms with Gasteiger partial charge in [-0.25, -0.2) is 4.68 Å². The maximum atomic E-state index is 4.58. The predicted octanol–water partition coefficient (Wildman–Crippen LogP) is 4.56. The summed E-state index contributed by atoms with van der Waals surface area (Å²) in [5.41, 5.74) is 4.40. The zero-order valence-electron chi connectivity index (χ0n) is 11.8. The molecule has 3 nitrogen and oxygen atoms in total. The Morgan fingerprint density at radius 2 is 1.90 bits per heavy atom. The zero-order chi connectivity index (χ0) is 14.7. The fourth-order valence-corrected chi connectivity index (χ4v) is 2.82. The standard InChI is InChI=1S/C17H16BrN3/c1-13-9-14(18)11-16(10-13)19-12-15-7-8-21(20-15)17-5-3-2-4-6-17/h2-11,19H,12H2,1H3. The van der Waals surface area contributed by atoms with E-state index in [1.807, 2.05) is 47.3 Å². The molecule has 3 aromatic rings. The highest BCUT2D eigenvalue weighted by Gasteiger charge is 2.02. The number of para-hydroxylation sites is 1. The maximum Gasteiger partial charge on any atom is 0.0819 e. The summed E-state index contributed by atoms with van der Waals surface area (Å²) in [5.74, 6) is 0. The maximum absolute atomic E-state index is 4.58. The molecule has 0 amide bonds. The highest BCUT2D eigenvalue weighted by molar-refractivity contribution is 9.10. The summed E-state index contributed by atoms with van der Waals surface area (Å²) in [6.45, 7) is 2.79. The lowest BCUT2D eigenvalue weighted by Gasteiger charge is -2.06. The fourth-order valence-electron chi connectivity index (χ4n) is 2.21. The van der Waals surface area contributed by atoms with Gasteiger partial charge in [0.25, 0.3) is 0 Å². The number of aryl methyl sites for hydroxylation is 1. The Morgan fingerprint density at radius 1 is 1.10 bits per heavy atom. The molecule has 0 bridgehead atoms. The van der Waals surface area contributed by atoms with Crippen LogP contribution in [-0.2, 0) is 6.54 Å². The molecule has 4 heteroatoms. The molecular formula is C17H16BrN3. The second-order valence-electron chi connectivity index (χ2n) is 4.96. The van der Waals surface area contributed by atoms with E-state index >= 15 is 0 Å². The first kappa shape index (κ1) is 13.9. The monoisotopic (exact) mass is 341 g/mol. The van der Waals surface area contributed by atoms with Crippen molar-refractivity contribution < 1.29 is 0 Å². The van der Waals surface area contributed by atoms with Crippen molar-refractivity contribution in [3.8, 4) is 5.69 Å². The van der Waals surface area contributed by atoms with Gasteiger partial charge in [-0.15, -0.1) is 0 Å². The molecule has 0 aliphatic rings. The van der Waals surface area contributed by atoms with Gasteiger partial charge < -0.3 is 5.32 Å². The average molecular weight is 342 g/mol. The van der Waals surface area contributed by atoms with Crippen molar-refractivity contribution in [3.05, 3.63) is 76.5 Å². The molecule has 1 heterocycles. The van der Waals surface area contributed by atoms with E-state index in [0.717, 1.165) is 21.5 Å². The third kappa shape index (κ3) is 3.52. The van der Waals surface area contributed by atoms with E-state index < -0.39 is 0 Å². The average Bonchev–Trinajstić information content (AvgIpc) is 2.94. The molecule has 0 fully saturated rings. The predicted molar refractivity (Wildman–Crippen MR) is 89.8 cm³/mol. The van der Waals surface area contributed by atoms with Gasteiger partial charge >= 0.3 is 0 Å². The van der Waals surface area contributed by atoms with Crippen molar-refractivity contribution in [1.29, 1.82) is 0 Å². The van der Waals surface area contributed by atoms with Gasteiger partial charge in [-0.3, -0.25) is 0 Å². The molecule has 0 spiro atoms. The second-order valence-corrected chi connectivity index (χ2v) is 5.87. The first-order chi connectivity index (χ1) is 10.2. The van der Waals surface area contributed by atoms with Crippen molar-refractivity contribution in [1.82, 2.24) is 9.78 Å². The summed E-state index contributed by atoms with van der Waals surface area (Å²) in [4.78, 5) is 0. The molecule has 0 aliphatic heterocycles. The van der Waals surface area contributed by atoms with Gasteiger partial charge in [0.05, 0.1) is 17.9 Å². The fraction of sp³-hybridized carbons (Fsp3) is 0.118. The summed E-state index contributed by atoms with van der Waals surface area (Å²) >= 11 is 3.51. The highest BCUT2D eigenvalue weighted by atomic mass is 79.9. The van der Waals surface area contributed by atoms with Crippen molar-refractivity contribution in [2.45, 2.75) is 13.5 Å². The van der Waals surface area contributed by atoms with Gasteiger partial charge in [0.2, 0.25) is 0 Å². The number of hydrogen-bond acceptors (Lipinski definition) is 2. The largest absolute Gasteiger partial charge is 0.379 e. The molecular weight excluding hydrogens is 326 g/mol. The van der Waals surface area contributed by atoms with Gasteiger partial charge in [-0.05, 0) is 48.9 Å². The number of nitrogens with zero attached hydrogens (tertiary/aromatic N) is 2. The Labute approximate surface area is 132 Å². The molecule has 0 radical (unpaired) electrons. The van der Waals surface area contributed by atoms with Crippen LogP contribution in [0.25, 0.3) is 5.69 Å². The Bertz CT molecular complexity index is 715. The molecule has 106 valence electrons. The summed E-state index contributed by atoms with van der Waals surface area (Å²) in [5, 5.41) is 7.98. The Kier molecular flexibility index (Phi) is 4.06. The third-order valence-corrected chi connectivity index (χ3v) is 3.64. The molecule has 0 aliphatic carbocycles. The van der Waals surface area contributed by atoms with Crippen molar-refractivity contribution >= 4 is 21.6 Å². The van der Waals surface area contributed by atoms with Crippen LogP contribution < -0.4 is 5.32 Å². The minimum atomic E-state index is 0.704. The molecule has 1 aromatic heterocycles. The van der Waals surface area contributed by atoms with E-state index in [0.29, 0.717) is 6.54 Å². The number of benzene rings is 2. The molecule has 1 N–H and O–H groups in total. The number of halogens is 1. The van der Waals surface area contributed by atoms with Crippen LogP contribution in [0, 0.1) is 6.92 Å². The van der Waals surface area contributed by atoms with E-state index in [2.05, 4.69) is 51.5 Å². The molecule has 0 unspecified atom stereocenters. The normalized spacial score (nSPS) is 10.6. The molecule has 3 rings (SSSR count). The number of hydrogen-bond donors (Lipinski definition) is 1. The molecule has 2 aromatic carbocycles. The van der Waals surface area contributed by atoms with Gasteiger partial charge in [0.1, 0.15) is 0 Å². The summed E-state index contributed by atoms with van der Waals surface area (Å²) < 4.78 is 2.98. The van der Waals surface area contributed by atoms with Gasteiger partial charge in [-0.2, -0.15) is 5.10 Å². The molecule has 0 saturated carbocycles. The van der Waals surface area contributed by atoms with Crippen LogP contribution in [0.5, 0.6) is 0 Å². The lowest BCUT2D eigenvalue weighted by molar-refractivity contribution is 0.844. The summed E-state index contributed by atoms with van der Waals surface area (Å²) in [6.07, 6.45) is 1.98. The summed E-state index contributed by atoms with van der Waals surface area (Å²) in [7, 11) is 0. The Hall–Kier alpha value is -2.07. The molecule has 0 saturated heterocycles. The van der Waals surface area contributed by atoms with E-state index in [9.17, 15) is 0 Å². The lowest BCUT2D eigenvalue weighted by atomic mass is 10.2. The number of nitrogens with one attached hydrogen (secondary N) is 1. The first-order valence-electron chi connectivity index (χ1n) is 6.82. The quantitative estimate of drug-likeness (QED) is 0.754. The van der Waals surface area contributed by atoms with Crippen LogP contribution in [0.4, 0.5) is 5.69 Å². The SMILES string of the molecule is Cc1cc(Br)cc(NCc2ccn(-c3ccccc3)n2)c1. The molecule has 0 atom stereocenters. The first-order valence-corrected chi connectivity index (χ1v) is 7.61. The molecule has 21 heavy (non-hydrogen) atoms. The van der Waals surface area contributed by atoms with Crippen LogP contribution in [0.3, 0.4) is 0 Å². The van der Waals surface area contributed by atoms with Crippen LogP contribution in [-0.4, -0.2) is 9.78 Å². The third-order valence-electron chi connectivity index (χ3n) is 3.18. The van der Waals surface area contributed by atoms with Gasteiger partial charge in [0, 0.05) is 16.4 Å². The minimum absolute atomic E-state index is 0.704. The van der Waals surface area contributed by atoms with Crippen LogP contribution in [0.2, 0.25) is 0 Å². The zero-order valence-corrected chi connectivity index (χ0v) is 13.3. The second kappa shape index (κ2) is 6.14. The van der Waals surface area contributed by atoms with Gasteiger partial charge in [0.15, 0.2) is 0 Å². The smallest absolute Gasteiger partial charge is 0.0819 e. The van der Waals surface area contributed by atoms with Crippen LogP contribution in [0.1, 0.15) is 11.3 Å². The van der Waals surface area contributed by atoms with E-state index in [-0.39, 0.29) is 0 Å². The Morgan fingerprint density at radius 3 is 2.67 bits per heavy atom. The van der Waals surface area contributed by atoms with E-state index in [1.165, 1.54) is 5.56 Å². The van der Waals surface area contributed by atoms with Crippen molar-refractivity contribution in [2.24, 2.45) is 0 Å². The van der Waals surface area contributed by atoms with Crippen molar-refractivity contribution in [2.75, 3.05) is 5.32 Å². The summed E-state index contributed by atoms with van der Waals surface area (Å²) in [6, 6.07) is 18.4. The number of anilines is 1. The topological polar surface area (TPSA) is 29.9 Å². The number of rotatable bonds is 4. The highest BCUT2D eigenvalue weighted by Crippen LogP contribution is 2.19. The van der Waals surface area contributed by atoms with E-state index in [1.54, 1.807) is 0 Å². The van der Waals surface area contributed by atoms with Gasteiger partial charge in [-0.1, -0.05) is 34.1 Å². The van der Waals surface area contributed by atoms with E-state index in [4.69, 9.17) is 0 Å². The van der Waals surface area contributed by atoms with Crippen LogP contribution >= 0.6 is 15.9 Å². The lowest BCUT2D eigenvalue weighted by Crippen LogP contribution is -2.02. The van der Waals surface area contributed by atoms with Crippen molar-refractivity contribution in [3.63, 3.8) is 0 Å². The van der Waals surface area contributed by atoms with Crippen LogP contribution in [0.15, 0.2) is 65.3 Å². The number of aromatic nitrogens is 2.